The molecule has 0 unspecified atom stereocenters. The van der Waals surface area contributed by atoms with Gasteiger partial charge in [0.05, 0.1) is 7.11 Å². The summed E-state index contributed by atoms with van der Waals surface area (Å²) in [7, 11) is 5.27. The van der Waals surface area contributed by atoms with Crippen molar-refractivity contribution in [3.8, 4) is 5.88 Å². The molecule has 15 heavy (non-hydrogen) atoms. The summed E-state index contributed by atoms with van der Waals surface area (Å²) in [6.07, 6.45) is 3.18. The molecule has 0 atom stereocenters. The summed E-state index contributed by atoms with van der Waals surface area (Å²) in [5.74, 6) is 0.997. The zero-order valence-corrected chi connectivity index (χ0v) is 8.80. The van der Waals surface area contributed by atoms with E-state index in [0.717, 1.165) is 0 Å². The van der Waals surface area contributed by atoms with Crippen LogP contribution in [0.5, 0.6) is 5.88 Å². The third-order valence-electron chi connectivity index (χ3n) is 1.88. The number of hydrogen-bond donors (Lipinski definition) is 0. The summed E-state index contributed by atoms with van der Waals surface area (Å²) in [4.78, 5) is 18.5. The van der Waals surface area contributed by atoms with Gasteiger partial charge < -0.3 is 9.64 Å². The Kier molecular flexibility index (Phi) is 2.32. The van der Waals surface area contributed by atoms with E-state index < -0.39 is 0 Å². The van der Waals surface area contributed by atoms with Gasteiger partial charge in [-0.15, -0.1) is 0 Å². The highest BCUT2D eigenvalue weighted by Crippen LogP contribution is 2.20. The highest BCUT2D eigenvalue weighted by atomic mass is 16.5. The lowest BCUT2D eigenvalue weighted by molar-refractivity contribution is 0.401. The molecule has 0 fully saturated rings. The van der Waals surface area contributed by atoms with Crippen LogP contribution in [-0.2, 0) is 0 Å². The van der Waals surface area contributed by atoms with E-state index in [2.05, 4.69) is 19.9 Å². The van der Waals surface area contributed by atoms with Crippen LogP contribution >= 0.6 is 0 Å². The summed E-state index contributed by atoms with van der Waals surface area (Å²) in [5, 5.41) is 0. The number of ether oxygens (including phenoxy) is 1. The van der Waals surface area contributed by atoms with E-state index in [1.54, 1.807) is 24.4 Å². The maximum atomic E-state index is 5.14. The van der Waals surface area contributed by atoms with Crippen molar-refractivity contribution >= 4 is 17.1 Å². The second-order valence-corrected chi connectivity index (χ2v) is 3.16. The molecule has 0 spiro atoms. The van der Waals surface area contributed by atoms with Gasteiger partial charge in [-0.2, -0.15) is 9.97 Å². The molecule has 0 saturated carbocycles. The number of anilines is 1. The molecule has 78 valence electrons. The van der Waals surface area contributed by atoms with Crippen LogP contribution in [0.4, 0.5) is 5.95 Å². The lowest BCUT2D eigenvalue weighted by Crippen LogP contribution is -2.13. The molecule has 0 amide bonds. The van der Waals surface area contributed by atoms with Crippen LogP contribution in [0.15, 0.2) is 12.4 Å². The maximum Gasteiger partial charge on any atom is 0.246 e. The second kappa shape index (κ2) is 3.64. The predicted molar refractivity (Wildman–Crippen MR) is 56.0 cm³/mol. The van der Waals surface area contributed by atoms with E-state index in [-0.39, 0.29) is 0 Å². The first kappa shape index (κ1) is 9.57. The van der Waals surface area contributed by atoms with Crippen LogP contribution in [-0.4, -0.2) is 41.1 Å². The van der Waals surface area contributed by atoms with Crippen LogP contribution in [0, 0.1) is 0 Å². The maximum absolute atomic E-state index is 5.14. The second-order valence-electron chi connectivity index (χ2n) is 3.16. The Balaban J connectivity index is 2.71. The molecule has 0 aliphatic heterocycles. The molecule has 0 aliphatic rings. The average molecular weight is 205 g/mol. The minimum Gasteiger partial charge on any atom is -0.479 e. The fourth-order valence-electron chi connectivity index (χ4n) is 1.17. The van der Waals surface area contributed by atoms with Crippen molar-refractivity contribution in [1.29, 1.82) is 0 Å². The smallest absolute Gasteiger partial charge is 0.246 e. The largest absolute Gasteiger partial charge is 0.479 e. The van der Waals surface area contributed by atoms with Crippen molar-refractivity contribution in [1.82, 2.24) is 19.9 Å². The van der Waals surface area contributed by atoms with Crippen molar-refractivity contribution in [3.05, 3.63) is 12.4 Å². The Labute approximate surface area is 87.0 Å². The van der Waals surface area contributed by atoms with Gasteiger partial charge in [0.15, 0.2) is 11.2 Å². The van der Waals surface area contributed by atoms with Crippen LogP contribution in [0.25, 0.3) is 11.2 Å². The molecule has 6 heteroatoms. The van der Waals surface area contributed by atoms with Crippen LogP contribution in [0.3, 0.4) is 0 Å². The highest BCUT2D eigenvalue weighted by molar-refractivity contribution is 5.76. The van der Waals surface area contributed by atoms with Crippen molar-refractivity contribution in [2.75, 3.05) is 26.1 Å². The van der Waals surface area contributed by atoms with E-state index in [4.69, 9.17) is 4.74 Å². The third kappa shape index (κ3) is 1.65. The van der Waals surface area contributed by atoms with Crippen molar-refractivity contribution in [3.63, 3.8) is 0 Å². The summed E-state index contributed by atoms with van der Waals surface area (Å²) >= 11 is 0. The van der Waals surface area contributed by atoms with Gasteiger partial charge in [0.2, 0.25) is 11.8 Å². The molecule has 2 aromatic heterocycles. The lowest BCUT2D eigenvalue weighted by atomic mass is 10.5. The molecular weight excluding hydrogens is 194 g/mol. The van der Waals surface area contributed by atoms with Crippen LogP contribution < -0.4 is 9.64 Å². The monoisotopic (exact) mass is 205 g/mol. The minimum absolute atomic E-state index is 0.441. The molecule has 0 saturated heterocycles. The van der Waals surface area contributed by atoms with Gasteiger partial charge in [-0.25, -0.2) is 9.97 Å². The molecule has 6 nitrogen and oxygen atoms in total. The Bertz CT molecular complexity index is 485. The molecule has 0 bridgehead atoms. The Morgan fingerprint density at radius 1 is 1.13 bits per heavy atom. The molecule has 2 heterocycles. The zero-order valence-electron chi connectivity index (χ0n) is 8.80. The average Bonchev–Trinajstić information content (AvgIpc) is 2.27. The Morgan fingerprint density at radius 2 is 1.87 bits per heavy atom. The van der Waals surface area contributed by atoms with Gasteiger partial charge in [-0.05, 0) is 0 Å². The number of methoxy groups -OCH3 is 1. The Morgan fingerprint density at radius 3 is 2.53 bits per heavy atom. The van der Waals surface area contributed by atoms with E-state index in [9.17, 15) is 0 Å². The molecule has 2 aromatic rings. The first-order valence-electron chi connectivity index (χ1n) is 4.42. The molecule has 0 radical (unpaired) electrons. The van der Waals surface area contributed by atoms with Gasteiger partial charge >= 0.3 is 0 Å². The van der Waals surface area contributed by atoms with Gasteiger partial charge in [0, 0.05) is 26.5 Å². The normalized spacial score (nSPS) is 10.3. The lowest BCUT2D eigenvalue weighted by Gasteiger charge is -2.11. The zero-order chi connectivity index (χ0) is 10.8. The van der Waals surface area contributed by atoms with Crippen LogP contribution in [0.1, 0.15) is 0 Å². The topological polar surface area (TPSA) is 64.0 Å². The molecule has 0 aromatic carbocycles. The first-order chi connectivity index (χ1) is 7.22. The summed E-state index contributed by atoms with van der Waals surface area (Å²) in [6, 6.07) is 0. The molecule has 2 rings (SSSR count). The predicted octanol–water partition coefficient (Wildman–Crippen LogP) is 0.494. The van der Waals surface area contributed by atoms with Gasteiger partial charge in [0.25, 0.3) is 0 Å². The minimum atomic E-state index is 0.441. The summed E-state index contributed by atoms with van der Waals surface area (Å²) in [5.41, 5.74) is 1.11. The standard InChI is InChI=1S/C9H11N5O/c1-14(2)9-12-7-6(8(13-9)15-3)10-4-5-11-7/h4-5H,1-3H3. The van der Waals surface area contributed by atoms with Gasteiger partial charge in [0.1, 0.15) is 0 Å². The molecule has 0 aliphatic carbocycles. The quantitative estimate of drug-likeness (QED) is 0.711. The van der Waals surface area contributed by atoms with E-state index in [0.29, 0.717) is 23.0 Å². The van der Waals surface area contributed by atoms with E-state index in [1.807, 2.05) is 14.1 Å². The number of nitrogens with zero attached hydrogens (tertiary/aromatic N) is 5. The highest BCUT2D eigenvalue weighted by Gasteiger charge is 2.10. The number of fused-ring (bicyclic) bond motifs is 1. The van der Waals surface area contributed by atoms with Crippen molar-refractivity contribution in [2.45, 2.75) is 0 Å². The van der Waals surface area contributed by atoms with E-state index >= 15 is 0 Å². The van der Waals surface area contributed by atoms with E-state index in [1.165, 1.54) is 0 Å². The third-order valence-corrected chi connectivity index (χ3v) is 1.88. The molecule has 0 N–H and O–H groups in total. The number of rotatable bonds is 2. The molecular formula is C9H11N5O. The van der Waals surface area contributed by atoms with Crippen molar-refractivity contribution < 1.29 is 4.74 Å². The fourth-order valence-corrected chi connectivity index (χ4v) is 1.17. The number of aromatic nitrogens is 4. The van der Waals surface area contributed by atoms with Crippen LogP contribution in [0.2, 0.25) is 0 Å². The fraction of sp³-hybridized carbons (Fsp3) is 0.333. The van der Waals surface area contributed by atoms with Gasteiger partial charge in [-0.1, -0.05) is 0 Å². The van der Waals surface area contributed by atoms with Crippen molar-refractivity contribution in [2.24, 2.45) is 0 Å². The summed E-state index contributed by atoms with van der Waals surface area (Å²) < 4.78 is 5.14. The first-order valence-corrected chi connectivity index (χ1v) is 4.42. The van der Waals surface area contributed by atoms with Gasteiger partial charge in [-0.3, -0.25) is 0 Å². The number of hydrogen-bond acceptors (Lipinski definition) is 6. The SMILES string of the molecule is COc1nc(N(C)C)nc2nccnc12. The summed E-state index contributed by atoms with van der Waals surface area (Å²) in [6.45, 7) is 0. The Hall–Kier alpha value is -1.98.